The summed E-state index contributed by atoms with van der Waals surface area (Å²) >= 11 is -1.59. The second-order valence-corrected chi connectivity index (χ2v) is 4.24. The molecule has 2 N–H and O–H groups in total. The summed E-state index contributed by atoms with van der Waals surface area (Å²) in [5.41, 5.74) is 1.93. The molecule has 2 radical (unpaired) electrons. The highest BCUT2D eigenvalue weighted by Gasteiger charge is 2.15. The molecule has 0 saturated heterocycles. The minimum atomic E-state index is -1.59. The minimum Gasteiger partial charge on any atom is -0.295 e. The molecule has 15 heavy (non-hydrogen) atoms. The van der Waals surface area contributed by atoms with Gasteiger partial charge in [-0.15, -0.1) is 0 Å². The molecule has 1 rings (SSSR count). The van der Waals surface area contributed by atoms with E-state index < -0.39 is 17.2 Å². The molecule has 2 atom stereocenters. The number of benzene rings is 1. The summed E-state index contributed by atoms with van der Waals surface area (Å²) in [6.07, 6.45) is -0.478. The Bertz CT molecular complexity index is 343. The average Bonchev–Trinajstić information content (AvgIpc) is 2.25. The molecule has 0 aliphatic rings. The van der Waals surface area contributed by atoms with Gasteiger partial charge < -0.3 is 0 Å². The fraction of sp³-hybridized carbons (Fsp3) is 0.300. The van der Waals surface area contributed by atoms with E-state index in [2.05, 4.69) is 4.18 Å². The molecule has 2 unspecified atom stereocenters. The highest BCUT2D eigenvalue weighted by atomic mass is 32.2. The first-order valence-electron chi connectivity index (χ1n) is 4.35. The lowest BCUT2D eigenvalue weighted by molar-refractivity contribution is 0.0682. The SMILES string of the molecule is [CH]OS(=O)CC(ON)c1cccc(C)c1. The van der Waals surface area contributed by atoms with Gasteiger partial charge in [0.15, 0.2) is 11.1 Å². The highest BCUT2D eigenvalue weighted by Crippen LogP contribution is 2.18. The van der Waals surface area contributed by atoms with Gasteiger partial charge in [-0.2, -0.15) is 0 Å². The second kappa shape index (κ2) is 5.97. The quantitative estimate of drug-likeness (QED) is 0.770. The molecule has 1 aromatic carbocycles. The molecular formula is C10H13NO3S. The van der Waals surface area contributed by atoms with Crippen molar-refractivity contribution in [3.05, 3.63) is 42.5 Å². The Morgan fingerprint density at radius 1 is 1.60 bits per heavy atom. The maximum atomic E-state index is 11.1. The van der Waals surface area contributed by atoms with Gasteiger partial charge in [0, 0.05) is 0 Å². The van der Waals surface area contributed by atoms with Crippen LogP contribution >= 0.6 is 0 Å². The lowest BCUT2D eigenvalue weighted by Crippen LogP contribution is -2.17. The zero-order chi connectivity index (χ0) is 11.3. The normalized spacial score (nSPS) is 14.9. The van der Waals surface area contributed by atoms with Gasteiger partial charge in [0.25, 0.3) is 0 Å². The minimum absolute atomic E-state index is 0.108. The molecule has 0 bridgehead atoms. The van der Waals surface area contributed by atoms with Crippen LogP contribution in [0.5, 0.6) is 0 Å². The third-order valence-corrected chi connectivity index (χ3v) is 2.76. The largest absolute Gasteiger partial charge is 0.295 e. The summed E-state index contributed by atoms with van der Waals surface area (Å²) in [6, 6.07) is 7.58. The van der Waals surface area contributed by atoms with Crippen LogP contribution in [0.2, 0.25) is 0 Å². The van der Waals surface area contributed by atoms with Crippen LogP contribution in [0.4, 0.5) is 0 Å². The predicted octanol–water partition coefficient (Wildman–Crippen LogP) is 1.28. The van der Waals surface area contributed by atoms with Crippen LogP contribution in [-0.2, 0) is 20.1 Å². The van der Waals surface area contributed by atoms with Crippen LogP contribution in [0.1, 0.15) is 17.2 Å². The summed E-state index contributed by atoms with van der Waals surface area (Å²) in [4.78, 5) is 4.74. The van der Waals surface area contributed by atoms with Crippen molar-refractivity contribution in [3.63, 3.8) is 0 Å². The highest BCUT2D eigenvalue weighted by molar-refractivity contribution is 7.80. The van der Waals surface area contributed by atoms with Gasteiger partial charge in [-0.1, -0.05) is 29.8 Å². The zero-order valence-electron chi connectivity index (χ0n) is 8.38. The molecule has 0 aliphatic carbocycles. The lowest BCUT2D eigenvalue weighted by Gasteiger charge is -2.13. The Labute approximate surface area is 92.0 Å². The smallest absolute Gasteiger partial charge is 0.159 e. The summed E-state index contributed by atoms with van der Waals surface area (Å²) in [6.45, 7) is 1.95. The van der Waals surface area contributed by atoms with E-state index in [1.165, 1.54) is 0 Å². The Balaban J connectivity index is 2.78. The Hall–Kier alpha value is -0.750. The van der Waals surface area contributed by atoms with Crippen molar-refractivity contribution < 1.29 is 13.2 Å². The standard InChI is InChI=1S/C10H13NO3S/c1-8-4-3-5-9(6-8)10(14-11)7-15(12)13-2/h2-6,10H,7,11H2,1H3. The fourth-order valence-corrected chi connectivity index (χ4v) is 1.84. The first-order chi connectivity index (χ1) is 7.17. The van der Waals surface area contributed by atoms with Crippen LogP contribution < -0.4 is 5.90 Å². The van der Waals surface area contributed by atoms with Gasteiger partial charge in [0.05, 0.1) is 5.75 Å². The van der Waals surface area contributed by atoms with Crippen molar-refractivity contribution >= 4 is 11.1 Å². The number of rotatable bonds is 5. The lowest BCUT2D eigenvalue weighted by atomic mass is 10.1. The van der Waals surface area contributed by atoms with E-state index in [4.69, 9.17) is 17.8 Å². The maximum absolute atomic E-state index is 11.1. The van der Waals surface area contributed by atoms with E-state index in [1.807, 2.05) is 31.2 Å². The summed E-state index contributed by atoms with van der Waals surface area (Å²) in [7, 11) is 4.79. The van der Waals surface area contributed by atoms with E-state index in [9.17, 15) is 4.21 Å². The summed E-state index contributed by atoms with van der Waals surface area (Å²) in [5, 5.41) is 0. The molecule has 0 fully saturated rings. The van der Waals surface area contributed by atoms with Crippen molar-refractivity contribution in [2.45, 2.75) is 13.0 Å². The number of nitrogens with two attached hydrogens (primary N) is 1. The van der Waals surface area contributed by atoms with Gasteiger partial charge in [-0.25, -0.2) is 10.1 Å². The maximum Gasteiger partial charge on any atom is 0.159 e. The fourth-order valence-electron chi connectivity index (χ4n) is 1.25. The molecule has 82 valence electrons. The van der Waals surface area contributed by atoms with E-state index in [0.29, 0.717) is 0 Å². The van der Waals surface area contributed by atoms with E-state index in [1.54, 1.807) is 0 Å². The van der Waals surface area contributed by atoms with Gasteiger partial charge in [-0.3, -0.25) is 9.02 Å². The Morgan fingerprint density at radius 2 is 2.33 bits per heavy atom. The van der Waals surface area contributed by atoms with Crippen molar-refractivity contribution in [1.29, 1.82) is 0 Å². The van der Waals surface area contributed by atoms with Gasteiger partial charge >= 0.3 is 0 Å². The number of hydrogen-bond donors (Lipinski definition) is 1. The van der Waals surface area contributed by atoms with Crippen LogP contribution in [0.3, 0.4) is 0 Å². The van der Waals surface area contributed by atoms with Crippen LogP contribution in [0, 0.1) is 14.0 Å². The van der Waals surface area contributed by atoms with Crippen LogP contribution in [0.25, 0.3) is 0 Å². The van der Waals surface area contributed by atoms with Crippen LogP contribution in [-0.4, -0.2) is 9.96 Å². The molecule has 0 spiro atoms. The van der Waals surface area contributed by atoms with Gasteiger partial charge in [0.1, 0.15) is 13.2 Å². The molecule has 0 aromatic heterocycles. The Kier molecular flexibility index (Phi) is 4.90. The van der Waals surface area contributed by atoms with Crippen molar-refractivity contribution in [2.75, 3.05) is 5.75 Å². The van der Waals surface area contributed by atoms with E-state index in [-0.39, 0.29) is 5.75 Å². The van der Waals surface area contributed by atoms with Crippen LogP contribution in [0.15, 0.2) is 24.3 Å². The molecule has 0 heterocycles. The van der Waals surface area contributed by atoms with Crippen molar-refractivity contribution in [2.24, 2.45) is 5.90 Å². The van der Waals surface area contributed by atoms with Gasteiger partial charge in [-0.05, 0) is 12.5 Å². The third-order valence-electron chi connectivity index (χ3n) is 1.97. The molecule has 1 aromatic rings. The predicted molar refractivity (Wildman–Crippen MR) is 57.6 cm³/mol. The van der Waals surface area contributed by atoms with E-state index in [0.717, 1.165) is 11.1 Å². The van der Waals surface area contributed by atoms with E-state index >= 15 is 0 Å². The topological polar surface area (TPSA) is 61.5 Å². The third kappa shape index (κ3) is 3.71. The molecular weight excluding hydrogens is 214 g/mol. The summed E-state index contributed by atoms with van der Waals surface area (Å²) < 4.78 is 15.2. The number of hydrogen-bond acceptors (Lipinski definition) is 4. The molecule has 4 nitrogen and oxygen atoms in total. The molecule has 0 amide bonds. The Morgan fingerprint density at radius 3 is 2.87 bits per heavy atom. The molecule has 5 heteroatoms. The van der Waals surface area contributed by atoms with Crippen molar-refractivity contribution in [1.82, 2.24) is 0 Å². The van der Waals surface area contributed by atoms with Gasteiger partial charge in [0.2, 0.25) is 0 Å². The average molecular weight is 227 g/mol. The van der Waals surface area contributed by atoms with Crippen molar-refractivity contribution in [3.8, 4) is 0 Å². The first kappa shape index (κ1) is 12.3. The summed E-state index contributed by atoms with van der Waals surface area (Å²) in [5.74, 6) is 5.23. The molecule has 0 saturated carbocycles. The number of aryl methyl sites for hydroxylation is 1. The first-order valence-corrected chi connectivity index (χ1v) is 5.59. The second-order valence-electron chi connectivity index (χ2n) is 3.11. The monoisotopic (exact) mass is 227 g/mol. The molecule has 0 aliphatic heterocycles. The zero-order valence-corrected chi connectivity index (χ0v) is 9.20.